The molecule has 0 aliphatic carbocycles. The van der Waals surface area contributed by atoms with Gasteiger partial charge in [0.2, 0.25) is 0 Å². The van der Waals surface area contributed by atoms with Gasteiger partial charge in [-0.2, -0.15) is 5.10 Å². The van der Waals surface area contributed by atoms with Crippen LogP contribution in [0.2, 0.25) is 5.15 Å². The SMILES string of the molecule is COc1ccc(Cn2cc3nc(-c4ccc(F)cc4F)nc(Cl)c3n2)cc1. The van der Waals surface area contributed by atoms with Crippen LogP contribution in [0.5, 0.6) is 5.75 Å². The van der Waals surface area contributed by atoms with Gasteiger partial charge in [0.1, 0.15) is 28.4 Å². The minimum absolute atomic E-state index is 0.0723. The second-order valence-electron chi connectivity index (χ2n) is 5.87. The Kier molecular flexibility index (Phi) is 4.45. The second-order valence-corrected chi connectivity index (χ2v) is 6.23. The van der Waals surface area contributed by atoms with Gasteiger partial charge in [-0.25, -0.2) is 18.7 Å². The molecule has 136 valence electrons. The standard InChI is InChI=1S/C19H13ClF2N4O/c1-27-13-5-2-11(3-6-13)9-26-10-16-17(25-26)18(20)24-19(23-16)14-7-4-12(21)8-15(14)22/h2-8,10H,9H2,1H3. The van der Waals surface area contributed by atoms with Gasteiger partial charge in [0.15, 0.2) is 11.0 Å². The number of benzene rings is 2. The van der Waals surface area contributed by atoms with Crippen LogP contribution in [0.3, 0.4) is 0 Å². The first-order chi connectivity index (χ1) is 13.0. The number of aromatic nitrogens is 4. The lowest BCUT2D eigenvalue weighted by Gasteiger charge is -2.03. The lowest BCUT2D eigenvalue weighted by Crippen LogP contribution is -1.99. The third kappa shape index (κ3) is 3.46. The first-order valence-corrected chi connectivity index (χ1v) is 8.40. The molecule has 5 nitrogen and oxygen atoms in total. The quantitative estimate of drug-likeness (QED) is 0.485. The van der Waals surface area contributed by atoms with Gasteiger partial charge in [-0.1, -0.05) is 23.7 Å². The molecule has 0 radical (unpaired) electrons. The van der Waals surface area contributed by atoms with E-state index < -0.39 is 11.6 Å². The van der Waals surface area contributed by atoms with Crippen molar-refractivity contribution in [1.29, 1.82) is 0 Å². The van der Waals surface area contributed by atoms with Gasteiger partial charge in [-0.15, -0.1) is 0 Å². The molecule has 0 atom stereocenters. The van der Waals surface area contributed by atoms with Crippen LogP contribution in [0.4, 0.5) is 8.78 Å². The Morgan fingerprint density at radius 2 is 1.85 bits per heavy atom. The van der Waals surface area contributed by atoms with Crippen molar-refractivity contribution in [2.45, 2.75) is 6.54 Å². The largest absolute Gasteiger partial charge is 0.497 e. The third-order valence-electron chi connectivity index (χ3n) is 4.04. The van der Waals surface area contributed by atoms with Gasteiger partial charge in [-0.3, -0.25) is 4.68 Å². The maximum atomic E-state index is 14.0. The Morgan fingerprint density at radius 1 is 1.07 bits per heavy atom. The number of ether oxygens (including phenoxy) is 1. The lowest BCUT2D eigenvalue weighted by molar-refractivity contribution is 0.414. The Labute approximate surface area is 158 Å². The van der Waals surface area contributed by atoms with Gasteiger partial charge in [-0.05, 0) is 29.8 Å². The Bertz CT molecular complexity index is 1130. The van der Waals surface area contributed by atoms with E-state index in [4.69, 9.17) is 16.3 Å². The average Bonchev–Trinajstić information content (AvgIpc) is 3.05. The van der Waals surface area contributed by atoms with Crippen LogP contribution in [0.15, 0.2) is 48.7 Å². The summed E-state index contributed by atoms with van der Waals surface area (Å²) in [6.07, 6.45) is 1.71. The molecule has 4 rings (SSSR count). The molecular weight excluding hydrogens is 374 g/mol. The van der Waals surface area contributed by atoms with E-state index >= 15 is 0 Å². The second kappa shape index (κ2) is 6.92. The van der Waals surface area contributed by atoms with E-state index in [1.807, 2.05) is 24.3 Å². The van der Waals surface area contributed by atoms with Gasteiger partial charge < -0.3 is 4.74 Å². The number of rotatable bonds is 4. The number of halogens is 3. The molecule has 0 amide bonds. The zero-order valence-corrected chi connectivity index (χ0v) is 14.9. The van der Waals surface area contributed by atoms with E-state index in [2.05, 4.69) is 15.1 Å². The van der Waals surface area contributed by atoms with E-state index in [1.54, 1.807) is 18.0 Å². The molecular formula is C19H13ClF2N4O. The molecule has 0 unspecified atom stereocenters. The summed E-state index contributed by atoms with van der Waals surface area (Å²) in [6.45, 7) is 0.497. The zero-order chi connectivity index (χ0) is 19.0. The molecule has 0 N–H and O–H groups in total. The summed E-state index contributed by atoms with van der Waals surface area (Å²) in [5, 5.41) is 4.50. The minimum Gasteiger partial charge on any atom is -0.497 e. The summed E-state index contributed by atoms with van der Waals surface area (Å²) in [5.74, 6) is -0.579. The van der Waals surface area contributed by atoms with Gasteiger partial charge in [0, 0.05) is 6.07 Å². The number of hydrogen-bond acceptors (Lipinski definition) is 4. The summed E-state index contributed by atoms with van der Waals surface area (Å²) in [4.78, 5) is 8.43. The van der Waals surface area contributed by atoms with Crippen LogP contribution in [-0.4, -0.2) is 26.9 Å². The summed E-state index contributed by atoms with van der Waals surface area (Å²) in [5.41, 5.74) is 1.97. The van der Waals surface area contributed by atoms with Crippen molar-refractivity contribution in [3.05, 3.63) is 71.0 Å². The summed E-state index contributed by atoms with van der Waals surface area (Å²) < 4.78 is 34.0. The van der Waals surface area contributed by atoms with Crippen LogP contribution < -0.4 is 4.74 Å². The van der Waals surface area contributed by atoms with Crippen molar-refractivity contribution in [3.8, 4) is 17.1 Å². The van der Waals surface area contributed by atoms with E-state index in [1.165, 1.54) is 6.07 Å². The van der Waals surface area contributed by atoms with Crippen molar-refractivity contribution in [2.75, 3.05) is 7.11 Å². The number of methoxy groups -OCH3 is 1. The third-order valence-corrected chi connectivity index (χ3v) is 4.31. The van der Waals surface area contributed by atoms with E-state index in [-0.39, 0.29) is 16.5 Å². The molecule has 8 heteroatoms. The normalized spacial score (nSPS) is 11.1. The van der Waals surface area contributed by atoms with Crippen LogP contribution in [0.1, 0.15) is 5.56 Å². The molecule has 0 aliphatic rings. The zero-order valence-electron chi connectivity index (χ0n) is 14.2. The van der Waals surface area contributed by atoms with Gasteiger partial charge >= 0.3 is 0 Å². The fourth-order valence-corrected chi connectivity index (χ4v) is 2.93. The van der Waals surface area contributed by atoms with Crippen LogP contribution in [0, 0.1) is 11.6 Å². The summed E-state index contributed by atoms with van der Waals surface area (Å²) in [6, 6.07) is 10.8. The Balaban J connectivity index is 1.70. The molecule has 2 aromatic carbocycles. The number of fused-ring (bicyclic) bond motifs is 1. The first kappa shape index (κ1) is 17.4. The fourth-order valence-electron chi connectivity index (χ4n) is 2.71. The first-order valence-electron chi connectivity index (χ1n) is 8.02. The molecule has 0 saturated heterocycles. The van der Waals surface area contributed by atoms with Crippen molar-refractivity contribution in [3.63, 3.8) is 0 Å². The molecule has 4 aromatic rings. The van der Waals surface area contributed by atoms with Gasteiger partial charge in [0.25, 0.3) is 0 Å². The van der Waals surface area contributed by atoms with Crippen molar-refractivity contribution >= 4 is 22.6 Å². The van der Waals surface area contributed by atoms with Crippen LogP contribution >= 0.6 is 11.6 Å². The lowest BCUT2D eigenvalue weighted by atomic mass is 10.2. The molecule has 0 saturated carbocycles. The highest BCUT2D eigenvalue weighted by Crippen LogP contribution is 2.26. The Morgan fingerprint density at radius 3 is 2.56 bits per heavy atom. The summed E-state index contributed by atoms with van der Waals surface area (Å²) >= 11 is 6.21. The van der Waals surface area contributed by atoms with Crippen molar-refractivity contribution in [2.24, 2.45) is 0 Å². The predicted octanol–water partition coefficient (Wildman–Crippen LogP) is 4.48. The molecule has 0 bridgehead atoms. The van der Waals surface area contributed by atoms with Crippen LogP contribution in [-0.2, 0) is 6.54 Å². The fraction of sp³-hybridized carbons (Fsp3) is 0.105. The maximum Gasteiger partial charge on any atom is 0.164 e. The topological polar surface area (TPSA) is 52.8 Å². The molecule has 27 heavy (non-hydrogen) atoms. The highest BCUT2D eigenvalue weighted by molar-refractivity contribution is 6.33. The molecule has 0 spiro atoms. The van der Waals surface area contributed by atoms with Crippen molar-refractivity contribution in [1.82, 2.24) is 19.7 Å². The van der Waals surface area contributed by atoms with Crippen LogP contribution in [0.25, 0.3) is 22.4 Å². The highest BCUT2D eigenvalue weighted by atomic mass is 35.5. The smallest absolute Gasteiger partial charge is 0.164 e. The van der Waals surface area contributed by atoms with E-state index in [0.29, 0.717) is 17.6 Å². The highest BCUT2D eigenvalue weighted by Gasteiger charge is 2.15. The number of nitrogens with zero attached hydrogens (tertiary/aromatic N) is 4. The van der Waals surface area contributed by atoms with Crippen molar-refractivity contribution < 1.29 is 13.5 Å². The predicted molar refractivity (Wildman–Crippen MR) is 97.8 cm³/mol. The Hall–Kier alpha value is -3.06. The molecule has 2 aromatic heterocycles. The molecule has 2 heterocycles. The monoisotopic (exact) mass is 386 g/mol. The molecule has 0 aliphatic heterocycles. The maximum absolute atomic E-state index is 14.0. The number of hydrogen-bond donors (Lipinski definition) is 0. The summed E-state index contributed by atoms with van der Waals surface area (Å²) in [7, 11) is 1.61. The average molecular weight is 387 g/mol. The van der Waals surface area contributed by atoms with E-state index in [0.717, 1.165) is 23.4 Å². The minimum atomic E-state index is -0.754. The van der Waals surface area contributed by atoms with Gasteiger partial charge in [0.05, 0.1) is 25.4 Å². The molecule has 0 fully saturated rings. The van der Waals surface area contributed by atoms with E-state index in [9.17, 15) is 8.78 Å².